The number of nitro groups is 1. The van der Waals surface area contributed by atoms with Gasteiger partial charge in [-0.2, -0.15) is 0 Å². The van der Waals surface area contributed by atoms with Crippen molar-refractivity contribution < 1.29 is 19.5 Å². The summed E-state index contributed by atoms with van der Waals surface area (Å²) >= 11 is 5.92. The molecule has 1 N–H and O–H groups in total. The Kier molecular flexibility index (Phi) is 3.72. The number of alkyl halides is 1. The smallest absolute Gasteiger partial charge is 0.267 e. The average molecular weight is 276 g/mol. The molecule has 7 heteroatoms. The van der Waals surface area contributed by atoms with Crippen LogP contribution in [0.3, 0.4) is 0 Å². The first-order chi connectivity index (χ1) is 8.44. The lowest BCUT2D eigenvalue weighted by molar-refractivity contribution is -0.420. The molecule has 0 amide bonds. The lowest BCUT2D eigenvalue weighted by Crippen LogP contribution is -2.48. The van der Waals surface area contributed by atoms with Gasteiger partial charge in [-0.1, -0.05) is 0 Å². The minimum absolute atomic E-state index is 0.142. The van der Waals surface area contributed by atoms with Crippen LogP contribution in [0.15, 0.2) is 23.9 Å². The van der Waals surface area contributed by atoms with Crippen molar-refractivity contribution in [1.82, 2.24) is 0 Å². The van der Waals surface area contributed by atoms with E-state index in [4.69, 9.17) is 21.1 Å². The number of nitrogens with zero attached hydrogens (tertiary/aromatic N) is 1. The van der Waals surface area contributed by atoms with Gasteiger partial charge in [0, 0.05) is 32.1 Å². The van der Waals surface area contributed by atoms with Crippen molar-refractivity contribution >= 4 is 11.6 Å². The summed E-state index contributed by atoms with van der Waals surface area (Å²) in [6.07, 6.45) is 4.97. The van der Waals surface area contributed by atoms with E-state index in [1.165, 1.54) is 18.2 Å². The highest BCUT2D eigenvalue weighted by Gasteiger charge is 2.43. The van der Waals surface area contributed by atoms with Crippen molar-refractivity contribution in [2.75, 3.05) is 7.11 Å². The summed E-state index contributed by atoms with van der Waals surface area (Å²) in [6, 6.07) is 0. The van der Waals surface area contributed by atoms with E-state index >= 15 is 0 Å². The summed E-state index contributed by atoms with van der Waals surface area (Å²) in [5, 5.41) is 19.8. The van der Waals surface area contributed by atoms with Crippen LogP contribution in [0.4, 0.5) is 0 Å². The second-order valence-corrected chi connectivity index (χ2v) is 4.87. The molecule has 100 valence electrons. The topological polar surface area (TPSA) is 81.8 Å². The maximum atomic E-state index is 10.6. The number of halogens is 1. The van der Waals surface area contributed by atoms with Crippen molar-refractivity contribution in [2.45, 2.75) is 36.2 Å². The Bertz CT molecular complexity index is 404. The molecule has 0 spiro atoms. The average Bonchev–Trinajstić information content (AvgIpc) is 2.26. The van der Waals surface area contributed by atoms with E-state index in [-0.39, 0.29) is 17.9 Å². The minimum atomic E-state index is -1.69. The molecule has 1 fully saturated rings. The van der Waals surface area contributed by atoms with Crippen molar-refractivity contribution in [3.8, 4) is 0 Å². The fourth-order valence-electron chi connectivity index (χ4n) is 1.92. The zero-order valence-corrected chi connectivity index (χ0v) is 10.5. The van der Waals surface area contributed by atoms with Crippen molar-refractivity contribution in [1.29, 1.82) is 0 Å². The van der Waals surface area contributed by atoms with Gasteiger partial charge in [0.25, 0.3) is 5.70 Å². The highest BCUT2D eigenvalue weighted by Crippen LogP contribution is 2.34. The van der Waals surface area contributed by atoms with E-state index in [0.29, 0.717) is 12.8 Å². The first-order valence-electron chi connectivity index (χ1n) is 5.57. The van der Waals surface area contributed by atoms with Crippen LogP contribution in [-0.2, 0) is 9.47 Å². The summed E-state index contributed by atoms with van der Waals surface area (Å²) in [5.41, 5.74) is -0.147. The van der Waals surface area contributed by atoms with Gasteiger partial charge in [0.2, 0.25) is 5.79 Å². The second-order valence-electron chi connectivity index (χ2n) is 4.40. The zero-order valence-electron chi connectivity index (χ0n) is 9.78. The molecule has 0 aliphatic heterocycles. The van der Waals surface area contributed by atoms with Crippen LogP contribution < -0.4 is 0 Å². The summed E-state index contributed by atoms with van der Waals surface area (Å²) < 4.78 is 10.6. The third-order valence-electron chi connectivity index (χ3n) is 3.16. The quantitative estimate of drug-likeness (QED) is 0.361. The predicted molar refractivity (Wildman–Crippen MR) is 63.7 cm³/mol. The summed E-state index contributed by atoms with van der Waals surface area (Å²) in [4.78, 5) is 10.0. The molecule has 2 aliphatic carbocycles. The molecule has 2 unspecified atom stereocenters. The van der Waals surface area contributed by atoms with Gasteiger partial charge in [-0.3, -0.25) is 10.1 Å². The molecular formula is C11H14ClNO5. The number of aliphatic hydroxyl groups is 1. The first-order valence-corrected chi connectivity index (χ1v) is 6.01. The molecule has 0 saturated heterocycles. The zero-order chi connectivity index (χ0) is 13.3. The van der Waals surface area contributed by atoms with Gasteiger partial charge < -0.3 is 14.6 Å². The van der Waals surface area contributed by atoms with Crippen LogP contribution in [0.25, 0.3) is 0 Å². The number of methoxy groups -OCH3 is 1. The van der Waals surface area contributed by atoms with Crippen LogP contribution in [0.1, 0.15) is 12.8 Å². The number of rotatable bonds is 4. The molecule has 0 aromatic carbocycles. The fraction of sp³-hybridized carbons (Fsp3) is 0.636. The van der Waals surface area contributed by atoms with Gasteiger partial charge in [-0.25, -0.2) is 0 Å². The number of hydrogen-bond donors (Lipinski definition) is 1. The number of allylic oxidation sites excluding steroid dienone is 1. The van der Waals surface area contributed by atoms with Gasteiger partial charge in [-0.15, -0.1) is 11.6 Å². The molecule has 0 bridgehead atoms. The molecule has 2 aliphatic rings. The molecule has 2 rings (SSSR count). The molecule has 0 heterocycles. The van der Waals surface area contributed by atoms with Crippen LogP contribution in [0.5, 0.6) is 0 Å². The monoisotopic (exact) mass is 275 g/mol. The molecule has 2 atom stereocenters. The van der Waals surface area contributed by atoms with E-state index in [1.807, 2.05) is 0 Å². The van der Waals surface area contributed by atoms with E-state index in [2.05, 4.69) is 0 Å². The lowest BCUT2D eigenvalue weighted by atomic mass is 9.91. The van der Waals surface area contributed by atoms with E-state index in [1.54, 1.807) is 7.11 Å². The minimum Gasteiger partial charge on any atom is -0.381 e. The van der Waals surface area contributed by atoms with Crippen LogP contribution >= 0.6 is 11.6 Å². The van der Waals surface area contributed by atoms with Gasteiger partial charge >= 0.3 is 0 Å². The Labute approximate surface area is 109 Å². The summed E-state index contributed by atoms with van der Waals surface area (Å²) in [6.45, 7) is 0. The largest absolute Gasteiger partial charge is 0.381 e. The standard InChI is InChI=1S/C11H14ClNO5/c1-17-8-5-9(6-8)18-11(14)3-2-7(13(15)16)4-10(11)12/h2-4,8-10,14H,5-6H2,1H3. The Morgan fingerprint density at radius 3 is 2.72 bits per heavy atom. The van der Waals surface area contributed by atoms with Crippen molar-refractivity contribution in [3.05, 3.63) is 34.0 Å². The number of hydrogen-bond acceptors (Lipinski definition) is 5. The lowest BCUT2D eigenvalue weighted by Gasteiger charge is -2.40. The molecule has 0 radical (unpaired) electrons. The highest BCUT2D eigenvalue weighted by atomic mass is 35.5. The number of ether oxygens (including phenoxy) is 2. The maximum Gasteiger partial charge on any atom is 0.267 e. The Hall–Kier alpha value is -0.950. The Morgan fingerprint density at radius 1 is 1.56 bits per heavy atom. The van der Waals surface area contributed by atoms with Gasteiger partial charge in [0.1, 0.15) is 5.38 Å². The third-order valence-corrected chi connectivity index (χ3v) is 3.59. The van der Waals surface area contributed by atoms with Crippen molar-refractivity contribution in [3.63, 3.8) is 0 Å². The third kappa shape index (κ3) is 2.56. The van der Waals surface area contributed by atoms with E-state index in [0.717, 1.165) is 0 Å². The summed E-state index contributed by atoms with van der Waals surface area (Å²) in [5.74, 6) is -1.69. The van der Waals surface area contributed by atoms with Crippen LogP contribution in [0.2, 0.25) is 0 Å². The van der Waals surface area contributed by atoms with E-state index < -0.39 is 16.1 Å². The molecule has 1 saturated carbocycles. The molecular weight excluding hydrogens is 262 g/mol. The predicted octanol–water partition coefficient (Wildman–Crippen LogP) is 1.21. The SMILES string of the molecule is COC1CC(OC2(O)C=CC([N+](=O)[O-])=CC2Cl)C1. The van der Waals surface area contributed by atoms with Crippen LogP contribution in [-0.4, -0.2) is 40.5 Å². The van der Waals surface area contributed by atoms with Gasteiger partial charge in [0.15, 0.2) is 0 Å². The normalized spacial score (nSPS) is 39.1. The molecule has 0 aromatic rings. The maximum absolute atomic E-state index is 10.6. The molecule has 0 aromatic heterocycles. The van der Waals surface area contributed by atoms with Crippen molar-refractivity contribution in [2.24, 2.45) is 0 Å². The van der Waals surface area contributed by atoms with E-state index in [9.17, 15) is 15.2 Å². The second kappa shape index (κ2) is 4.97. The van der Waals surface area contributed by atoms with Crippen LogP contribution in [0, 0.1) is 10.1 Å². The fourth-order valence-corrected chi connectivity index (χ4v) is 2.17. The van der Waals surface area contributed by atoms with Gasteiger partial charge in [0.05, 0.1) is 17.1 Å². The Balaban J connectivity index is 1.97. The Morgan fingerprint density at radius 2 is 2.22 bits per heavy atom. The highest BCUT2D eigenvalue weighted by molar-refractivity contribution is 6.22. The van der Waals surface area contributed by atoms with Gasteiger partial charge in [-0.05, 0) is 6.08 Å². The summed E-state index contributed by atoms with van der Waals surface area (Å²) in [7, 11) is 1.62. The molecule has 18 heavy (non-hydrogen) atoms. The first kappa shape index (κ1) is 13.5. The molecule has 6 nitrogen and oxygen atoms in total.